The van der Waals surface area contributed by atoms with Crippen molar-refractivity contribution in [3.05, 3.63) is 0 Å². The summed E-state index contributed by atoms with van der Waals surface area (Å²) in [4.78, 5) is 4.06. The van der Waals surface area contributed by atoms with E-state index >= 15 is 0 Å². The Bertz CT molecular complexity index is 127. The molecular formula is C9H20O4. The van der Waals surface area contributed by atoms with Gasteiger partial charge in [0.2, 0.25) is 0 Å². The Morgan fingerprint density at radius 2 is 1.46 bits per heavy atom. The predicted octanol–water partition coefficient (Wildman–Crippen LogP) is 1.70. The van der Waals surface area contributed by atoms with Crippen molar-refractivity contribution in [2.75, 3.05) is 20.3 Å². The first-order valence-electron chi connectivity index (χ1n) is 4.28. The van der Waals surface area contributed by atoms with Crippen molar-refractivity contribution in [3.8, 4) is 0 Å². The minimum Gasteiger partial charge on any atom is -0.382 e. The normalized spacial score (nSPS) is 13.4. The summed E-state index contributed by atoms with van der Waals surface area (Å²) < 4.78 is 10.7. The molecule has 4 heteroatoms. The second kappa shape index (κ2) is 4.91. The first kappa shape index (κ1) is 12.8. The van der Waals surface area contributed by atoms with E-state index in [9.17, 15) is 0 Å². The molecule has 0 fully saturated rings. The van der Waals surface area contributed by atoms with Gasteiger partial charge in [0.15, 0.2) is 0 Å². The minimum absolute atomic E-state index is 0.139. The van der Waals surface area contributed by atoms with E-state index in [-0.39, 0.29) is 12.2 Å². The van der Waals surface area contributed by atoms with Crippen LogP contribution < -0.4 is 0 Å². The Hall–Kier alpha value is -0.160. The molecule has 0 atom stereocenters. The molecule has 1 N–H and O–H groups in total. The van der Waals surface area contributed by atoms with Crippen LogP contribution >= 0.6 is 0 Å². The van der Waals surface area contributed by atoms with Crippen molar-refractivity contribution in [2.24, 2.45) is 0 Å². The SMILES string of the molecule is COCC(C)(C)OC(C)(C)COO. The third-order valence-corrected chi connectivity index (χ3v) is 1.46. The van der Waals surface area contributed by atoms with Gasteiger partial charge in [0.25, 0.3) is 0 Å². The van der Waals surface area contributed by atoms with Crippen molar-refractivity contribution in [3.63, 3.8) is 0 Å². The maximum atomic E-state index is 8.32. The Labute approximate surface area is 79.7 Å². The van der Waals surface area contributed by atoms with Crippen LogP contribution in [0.5, 0.6) is 0 Å². The highest BCUT2D eigenvalue weighted by Gasteiger charge is 2.29. The number of hydrogen-bond acceptors (Lipinski definition) is 4. The number of ether oxygens (including phenoxy) is 2. The maximum absolute atomic E-state index is 8.32. The highest BCUT2D eigenvalue weighted by Crippen LogP contribution is 2.20. The van der Waals surface area contributed by atoms with Crippen LogP contribution in [0, 0.1) is 0 Å². The summed E-state index contributed by atoms with van der Waals surface area (Å²) in [5.41, 5.74) is -0.895. The van der Waals surface area contributed by atoms with Crippen LogP contribution in [0.4, 0.5) is 0 Å². The molecule has 0 spiro atoms. The zero-order chi connectivity index (χ0) is 10.5. The van der Waals surface area contributed by atoms with E-state index in [1.165, 1.54) is 0 Å². The predicted molar refractivity (Wildman–Crippen MR) is 49.7 cm³/mol. The Morgan fingerprint density at radius 3 is 1.85 bits per heavy atom. The summed E-state index contributed by atoms with van der Waals surface area (Å²) in [6, 6.07) is 0. The molecule has 0 heterocycles. The number of rotatable bonds is 6. The lowest BCUT2D eigenvalue weighted by Crippen LogP contribution is -2.42. The molecule has 0 bridgehead atoms. The molecule has 80 valence electrons. The van der Waals surface area contributed by atoms with Gasteiger partial charge in [0.05, 0.1) is 17.8 Å². The van der Waals surface area contributed by atoms with Crippen molar-refractivity contribution in [2.45, 2.75) is 38.9 Å². The first-order valence-corrected chi connectivity index (χ1v) is 4.28. The summed E-state index contributed by atoms with van der Waals surface area (Å²) in [7, 11) is 1.63. The van der Waals surface area contributed by atoms with E-state index in [2.05, 4.69) is 4.89 Å². The highest BCUT2D eigenvalue weighted by molar-refractivity contribution is 4.76. The maximum Gasteiger partial charge on any atom is 0.110 e. The second-order valence-corrected chi connectivity index (χ2v) is 4.33. The molecule has 0 radical (unpaired) electrons. The first-order chi connectivity index (χ1) is 5.83. The topological polar surface area (TPSA) is 47.9 Å². The molecule has 0 aromatic rings. The summed E-state index contributed by atoms with van der Waals surface area (Å²) in [6.07, 6.45) is 0. The van der Waals surface area contributed by atoms with E-state index in [4.69, 9.17) is 14.7 Å². The van der Waals surface area contributed by atoms with Crippen LogP contribution in [0.25, 0.3) is 0 Å². The molecule has 0 aromatic carbocycles. The smallest absolute Gasteiger partial charge is 0.110 e. The second-order valence-electron chi connectivity index (χ2n) is 4.33. The van der Waals surface area contributed by atoms with Crippen LogP contribution in [0.2, 0.25) is 0 Å². The summed E-state index contributed by atoms with van der Waals surface area (Å²) in [5, 5.41) is 8.32. The van der Waals surface area contributed by atoms with E-state index in [1.807, 2.05) is 27.7 Å². The van der Waals surface area contributed by atoms with Gasteiger partial charge in [-0.1, -0.05) is 0 Å². The molecular weight excluding hydrogens is 172 g/mol. The quantitative estimate of drug-likeness (QED) is 0.514. The lowest BCUT2D eigenvalue weighted by molar-refractivity contribution is -0.286. The molecule has 0 rings (SSSR count). The third-order valence-electron chi connectivity index (χ3n) is 1.46. The van der Waals surface area contributed by atoms with Crippen molar-refractivity contribution in [1.29, 1.82) is 0 Å². The minimum atomic E-state index is -0.517. The average Bonchev–Trinajstić information content (AvgIpc) is 1.82. The Morgan fingerprint density at radius 1 is 1.00 bits per heavy atom. The van der Waals surface area contributed by atoms with Crippen LogP contribution in [0.1, 0.15) is 27.7 Å². The molecule has 4 nitrogen and oxygen atoms in total. The van der Waals surface area contributed by atoms with E-state index in [0.29, 0.717) is 6.61 Å². The van der Waals surface area contributed by atoms with Gasteiger partial charge >= 0.3 is 0 Å². The molecule has 0 aliphatic rings. The fraction of sp³-hybridized carbons (Fsp3) is 1.00. The molecule has 0 aliphatic carbocycles. The molecule has 0 saturated heterocycles. The van der Waals surface area contributed by atoms with E-state index < -0.39 is 5.60 Å². The van der Waals surface area contributed by atoms with Crippen molar-refractivity contribution < 1.29 is 19.6 Å². The van der Waals surface area contributed by atoms with Crippen molar-refractivity contribution in [1.82, 2.24) is 0 Å². The van der Waals surface area contributed by atoms with Gasteiger partial charge < -0.3 is 9.47 Å². The molecule has 0 amide bonds. The monoisotopic (exact) mass is 192 g/mol. The summed E-state index contributed by atoms with van der Waals surface area (Å²) in [6.45, 7) is 8.19. The van der Waals surface area contributed by atoms with Gasteiger partial charge in [-0.25, -0.2) is 4.89 Å². The van der Waals surface area contributed by atoms with Gasteiger partial charge in [0, 0.05) is 7.11 Å². The van der Waals surface area contributed by atoms with Gasteiger partial charge in [0.1, 0.15) is 6.61 Å². The third kappa shape index (κ3) is 5.99. The largest absolute Gasteiger partial charge is 0.382 e. The van der Waals surface area contributed by atoms with E-state index in [1.54, 1.807) is 7.11 Å². The molecule has 0 saturated carbocycles. The van der Waals surface area contributed by atoms with Crippen LogP contribution in [0.15, 0.2) is 0 Å². The van der Waals surface area contributed by atoms with Crippen LogP contribution in [-0.4, -0.2) is 36.8 Å². The van der Waals surface area contributed by atoms with Gasteiger partial charge in [-0.05, 0) is 27.7 Å². The van der Waals surface area contributed by atoms with Crippen LogP contribution in [0.3, 0.4) is 0 Å². The lowest BCUT2D eigenvalue weighted by Gasteiger charge is -2.34. The van der Waals surface area contributed by atoms with Crippen molar-refractivity contribution >= 4 is 0 Å². The molecule has 0 aliphatic heterocycles. The fourth-order valence-corrected chi connectivity index (χ4v) is 1.31. The highest BCUT2D eigenvalue weighted by atomic mass is 17.1. The molecule has 0 unspecified atom stereocenters. The average molecular weight is 192 g/mol. The van der Waals surface area contributed by atoms with E-state index in [0.717, 1.165) is 0 Å². The molecule has 0 aromatic heterocycles. The zero-order valence-corrected chi connectivity index (χ0v) is 9.09. The summed E-state index contributed by atoms with van der Waals surface area (Å²) in [5.74, 6) is 0. The number of methoxy groups -OCH3 is 1. The van der Waals surface area contributed by atoms with Gasteiger partial charge in [-0.2, -0.15) is 0 Å². The lowest BCUT2D eigenvalue weighted by atomic mass is 10.1. The van der Waals surface area contributed by atoms with Gasteiger partial charge in [-0.3, -0.25) is 5.26 Å². The van der Waals surface area contributed by atoms with Crippen LogP contribution in [-0.2, 0) is 14.4 Å². The Balaban J connectivity index is 4.07. The summed E-state index contributed by atoms with van der Waals surface area (Å²) >= 11 is 0. The Kier molecular flexibility index (Phi) is 4.85. The number of hydrogen-bond donors (Lipinski definition) is 1. The zero-order valence-electron chi connectivity index (χ0n) is 9.09. The standard InChI is InChI=1S/C9H20O4/c1-8(2,6-11-5)13-9(3,4)7-12-10/h10H,6-7H2,1-5H3. The van der Waals surface area contributed by atoms with Gasteiger partial charge in [-0.15, -0.1) is 0 Å². The molecule has 13 heavy (non-hydrogen) atoms. The fourth-order valence-electron chi connectivity index (χ4n) is 1.31.